The van der Waals surface area contributed by atoms with Crippen molar-refractivity contribution in [2.45, 2.75) is 39.0 Å². The van der Waals surface area contributed by atoms with Crippen molar-refractivity contribution in [3.63, 3.8) is 0 Å². The van der Waals surface area contributed by atoms with Crippen LogP contribution in [-0.2, 0) is 30.5 Å². The van der Waals surface area contributed by atoms with Crippen molar-refractivity contribution in [2.75, 3.05) is 0 Å². The predicted molar refractivity (Wildman–Crippen MR) is 85.3 cm³/mol. The zero-order valence-electron chi connectivity index (χ0n) is 13.6. The topological polar surface area (TPSA) is 59.8 Å². The van der Waals surface area contributed by atoms with E-state index in [-0.39, 0.29) is 12.5 Å². The third-order valence-electron chi connectivity index (χ3n) is 4.12. The van der Waals surface area contributed by atoms with Crippen LogP contribution in [0, 0.1) is 0 Å². The molecule has 25 heavy (non-hydrogen) atoms. The summed E-state index contributed by atoms with van der Waals surface area (Å²) in [4.78, 5) is 12.0. The van der Waals surface area contributed by atoms with E-state index in [2.05, 4.69) is 15.5 Å². The summed E-state index contributed by atoms with van der Waals surface area (Å²) in [5, 5.41) is 10.8. The second-order valence-electron chi connectivity index (χ2n) is 5.91. The molecule has 3 rings (SSSR count). The van der Waals surface area contributed by atoms with Gasteiger partial charge in [0.05, 0.1) is 12.1 Å². The number of nitrogens with one attached hydrogen (secondary N) is 1. The maximum atomic E-state index is 12.6. The first kappa shape index (κ1) is 17.2. The van der Waals surface area contributed by atoms with E-state index in [1.807, 2.05) is 4.57 Å². The number of aromatic nitrogens is 3. The van der Waals surface area contributed by atoms with Gasteiger partial charge in [0.15, 0.2) is 5.82 Å². The van der Waals surface area contributed by atoms with E-state index in [1.165, 1.54) is 18.2 Å². The van der Waals surface area contributed by atoms with Gasteiger partial charge in [0, 0.05) is 19.0 Å². The highest BCUT2D eigenvalue weighted by Crippen LogP contribution is 2.30. The first-order chi connectivity index (χ1) is 11.8. The van der Waals surface area contributed by atoms with Gasteiger partial charge in [-0.1, -0.05) is 12.1 Å². The summed E-state index contributed by atoms with van der Waals surface area (Å²) in [5.41, 5.74) is 0.429. The number of nitrogens with zero attached hydrogens (tertiary/aromatic N) is 3. The molecule has 0 saturated heterocycles. The Kier molecular flexibility index (Phi) is 4.61. The average Bonchev–Trinajstić information content (AvgIpc) is 3.16. The normalized spacial score (nSPS) is 14.5. The van der Waals surface area contributed by atoms with Crippen LogP contribution in [0.15, 0.2) is 30.3 Å². The van der Waals surface area contributed by atoms with E-state index in [1.54, 1.807) is 6.92 Å². The molecule has 1 amide bonds. The van der Waals surface area contributed by atoms with Gasteiger partial charge in [-0.2, -0.15) is 13.2 Å². The predicted octanol–water partition coefficient (Wildman–Crippen LogP) is 2.96. The maximum Gasteiger partial charge on any atom is 0.416 e. The minimum absolute atomic E-state index is 0.266. The number of halogens is 3. The number of aryl methyl sites for hydroxylation is 1. The van der Waals surface area contributed by atoms with Gasteiger partial charge in [-0.25, -0.2) is 0 Å². The molecule has 1 aromatic carbocycles. The molecule has 0 radical (unpaired) electrons. The number of benzene rings is 1. The number of alkyl halides is 3. The van der Waals surface area contributed by atoms with Gasteiger partial charge >= 0.3 is 6.18 Å². The third kappa shape index (κ3) is 3.89. The van der Waals surface area contributed by atoms with Crippen LogP contribution < -0.4 is 5.32 Å². The summed E-state index contributed by atoms with van der Waals surface area (Å²) in [6, 6.07) is 4.72. The number of carbonyl (C=O) groups excluding carboxylic acids is 1. The van der Waals surface area contributed by atoms with E-state index < -0.39 is 11.7 Å². The Morgan fingerprint density at radius 3 is 2.68 bits per heavy atom. The fourth-order valence-corrected chi connectivity index (χ4v) is 2.76. The number of hydrogen-bond donors (Lipinski definition) is 1. The Morgan fingerprint density at radius 2 is 2.00 bits per heavy atom. The summed E-state index contributed by atoms with van der Waals surface area (Å²) in [5.74, 6) is 1.31. The Labute approximate surface area is 142 Å². The lowest BCUT2D eigenvalue weighted by Gasteiger charge is -2.08. The van der Waals surface area contributed by atoms with Crippen LogP contribution in [0.25, 0.3) is 5.57 Å². The highest BCUT2D eigenvalue weighted by atomic mass is 19.4. The van der Waals surface area contributed by atoms with E-state index in [0.717, 1.165) is 37.3 Å². The fraction of sp³-hybridized carbons (Fsp3) is 0.353. The number of amides is 1. The Bertz CT molecular complexity index is 806. The molecule has 0 atom stereocenters. The molecule has 1 aliphatic heterocycles. The molecular formula is C17H17F3N4O. The molecular weight excluding hydrogens is 333 g/mol. The zero-order chi connectivity index (χ0) is 18.0. The molecule has 0 bridgehead atoms. The number of carbonyl (C=O) groups is 1. The van der Waals surface area contributed by atoms with Crippen LogP contribution in [0.5, 0.6) is 0 Å². The van der Waals surface area contributed by atoms with Crippen LogP contribution in [0.2, 0.25) is 0 Å². The summed E-state index contributed by atoms with van der Waals surface area (Å²) in [6.45, 7) is 2.80. The molecule has 0 fully saturated rings. The van der Waals surface area contributed by atoms with E-state index in [0.29, 0.717) is 17.0 Å². The highest BCUT2D eigenvalue weighted by molar-refractivity contribution is 5.94. The summed E-state index contributed by atoms with van der Waals surface area (Å²) < 4.78 is 39.7. The lowest BCUT2D eigenvalue weighted by Crippen LogP contribution is -2.23. The van der Waals surface area contributed by atoms with Gasteiger partial charge < -0.3 is 9.88 Å². The van der Waals surface area contributed by atoms with Crippen LogP contribution in [0.1, 0.15) is 36.1 Å². The molecule has 2 aromatic rings. The maximum absolute atomic E-state index is 12.6. The van der Waals surface area contributed by atoms with Crippen LogP contribution in [0.4, 0.5) is 13.2 Å². The lowest BCUT2D eigenvalue weighted by atomic mass is 10.0. The van der Waals surface area contributed by atoms with Crippen molar-refractivity contribution in [1.29, 1.82) is 0 Å². The van der Waals surface area contributed by atoms with Crippen molar-refractivity contribution in [3.05, 3.63) is 53.1 Å². The summed E-state index contributed by atoms with van der Waals surface area (Å²) in [6.07, 6.45) is -1.08. The first-order valence-electron chi connectivity index (χ1n) is 7.89. The molecule has 132 valence electrons. The third-order valence-corrected chi connectivity index (χ3v) is 4.12. The molecule has 0 unspecified atom stereocenters. The largest absolute Gasteiger partial charge is 0.416 e. The van der Waals surface area contributed by atoms with Crippen LogP contribution >= 0.6 is 0 Å². The van der Waals surface area contributed by atoms with Gasteiger partial charge in [0.1, 0.15) is 5.82 Å². The molecule has 1 aliphatic rings. The van der Waals surface area contributed by atoms with Crippen molar-refractivity contribution in [3.8, 4) is 0 Å². The number of rotatable bonds is 4. The molecule has 0 aliphatic carbocycles. The summed E-state index contributed by atoms with van der Waals surface area (Å²) >= 11 is 0. The Morgan fingerprint density at radius 1 is 1.28 bits per heavy atom. The second-order valence-corrected chi connectivity index (χ2v) is 5.91. The minimum atomic E-state index is -4.37. The molecule has 1 aromatic heterocycles. The highest BCUT2D eigenvalue weighted by Gasteiger charge is 2.29. The molecule has 0 saturated carbocycles. The first-order valence-corrected chi connectivity index (χ1v) is 7.89. The Balaban J connectivity index is 1.62. The molecule has 2 heterocycles. The van der Waals surface area contributed by atoms with Crippen LogP contribution in [0.3, 0.4) is 0 Å². The SMILES string of the molecule is C/C(=C\C(=O)NCc1nnc2n1CCC2)c1ccc(C(F)(F)F)cc1. The Hall–Kier alpha value is -2.64. The summed E-state index contributed by atoms with van der Waals surface area (Å²) in [7, 11) is 0. The van der Waals surface area contributed by atoms with Gasteiger partial charge in [-0.3, -0.25) is 4.79 Å². The quantitative estimate of drug-likeness (QED) is 0.863. The van der Waals surface area contributed by atoms with Gasteiger partial charge in [-0.15, -0.1) is 10.2 Å². The zero-order valence-corrected chi connectivity index (χ0v) is 13.6. The van der Waals surface area contributed by atoms with Gasteiger partial charge in [0.2, 0.25) is 5.91 Å². The van der Waals surface area contributed by atoms with Crippen molar-refractivity contribution < 1.29 is 18.0 Å². The molecule has 1 N–H and O–H groups in total. The number of allylic oxidation sites excluding steroid dienone is 1. The molecule has 5 nitrogen and oxygen atoms in total. The standard InChI is InChI=1S/C17H17F3N4O/c1-11(12-4-6-13(7-5-12)17(18,19)20)9-16(25)21-10-15-23-22-14-3-2-8-24(14)15/h4-7,9H,2-3,8,10H2,1H3,(H,21,25)/b11-9+. The molecule has 8 heteroatoms. The average molecular weight is 350 g/mol. The lowest BCUT2D eigenvalue weighted by molar-refractivity contribution is -0.137. The molecule has 0 spiro atoms. The van der Waals surface area contributed by atoms with Crippen LogP contribution in [-0.4, -0.2) is 20.7 Å². The smallest absolute Gasteiger partial charge is 0.345 e. The monoisotopic (exact) mass is 350 g/mol. The minimum Gasteiger partial charge on any atom is -0.345 e. The van der Waals surface area contributed by atoms with E-state index >= 15 is 0 Å². The second kappa shape index (κ2) is 6.70. The number of hydrogen-bond acceptors (Lipinski definition) is 3. The van der Waals surface area contributed by atoms with Crippen molar-refractivity contribution in [1.82, 2.24) is 20.1 Å². The fourth-order valence-electron chi connectivity index (χ4n) is 2.76. The van der Waals surface area contributed by atoms with Crippen molar-refractivity contribution in [2.24, 2.45) is 0 Å². The van der Waals surface area contributed by atoms with Crippen molar-refractivity contribution >= 4 is 11.5 Å². The van der Waals surface area contributed by atoms with Gasteiger partial charge in [0.25, 0.3) is 0 Å². The van der Waals surface area contributed by atoms with Gasteiger partial charge in [-0.05, 0) is 36.6 Å². The number of fused-ring (bicyclic) bond motifs is 1. The van der Waals surface area contributed by atoms with E-state index in [4.69, 9.17) is 0 Å². The van der Waals surface area contributed by atoms with E-state index in [9.17, 15) is 18.0 Å².